The molecule has 0 atom stereocenters. The Balaban J connectivity index is 1.51. The molecule has 0 aromatic heterocycles. The first-order valence-electron chi connectivity index (χ1n) is 9.65. The van der Waals surface area contributed by atoms with E-state index in [1.165, 1.54) is 32.1 Å². The van der Waals surface area contributed by atoms with E-state index < -0.39 is 0 Å². The molecular weight excluding hydrogens is 314 g/mol. The van der Waals surface area contributed by atoms with Gasteiger partial charge in [0.1, 0.15) is 0 Å². The van der Waals surface area contributed by atoms with Crippen LogP contribution in [0.1, 0.15) is 68.1 Å². The van der Waals surface area contributed by atoms with E-state index in [0.29, 0.717) is 29.9 Å². The highest BCUT2D eigenvalue weighted by Gasteiger charge is 2.25. The average Bonchev–Trinajstić information content (AvgIpc) is 3.38. The molecule has 2 saturated carbocycles. The lowest BCUT2D eigenvalue weighted by Gasteiger charge is -2.21. The summed E-state index contributed by atoms with van der Waals surface area (Å²) in [5.41, 5.74) is 1.12. The topological polar surface area (TPSA) is 70.2 Å². The number of hydrogen-bond acceptors (Lipinski definition) is 3. The predicted octanol–water partition coefficient (Wildman–Crippen LogP) is 3.22. The van der Waals surface area contributed by atoms with Gasteiger partial charge in [0, 0.05) is 12.1 Å². The normalized spacial score (nSPS) is 18.9. The first-order valence-corrected chi connectivity index (χ1v) is 9.65. The zero-order chi connectivity index (χ0) is 17.5. The monoisotopic (exact) mass is 343 g/mol. The molecule has 2 amide bonds. The van der Waals surface area contributed by atoms with E-state index in [0.717, 1.165) is 25.7 Å². The molecule has 5 nitrogen and oxygen atoms in total. The Morgan fingerprint density at radius 3 is 2.28 bits per heavy atom. The van der Waals surface area contributed by atoms with Crippen LogP contribution in [0.2, 0.25) is 0 Å². The zero-order valence-corrected chi connectivity index (χ0v) is 14.9. The summed E-state index contributed by atoms with van der Waals surface area (Å²) in [6, 6.07) is 7.94. The maximum absolute atomic E-state index is 12.3. The summed E-state index contributed by atoms with van der Waals surface area (Å²) in [5, 5.41) is 9.25. The number of para-hydroxylation sites is 1. The minimum absolute atomic E-state index is 0.0891. The molecule has 5 heteroatoms. The highest BCUT2D eigenvalue weighted by Crippen LogP contribution is 2.21. The molecule has 1 aromatic rings. The van der Waals surface area contributed by atoms with Crippen molar-refractivity contribution in [2.45, 2.75) is 69.9 Å². The van der Waals surface area contributed by atoms with Crippen molar-refractivity contribution < 1.29 is 9.59 Å². The van der Waals surface area contributed by atoms with Gasteiger partial charge in [0.05, 0.1) is 17.8 Å². The third kappa shape index (κ3) is 5.85. The summed E-state index contributed by atoms with van der Waals surface area (Å²) < 4.78 is 0. The molecule has 25 heavy (non-hydrogen) atoms. The van der Waals surface area contributed by atoms with Gasteiger partial charge in [-0.15, -0.1) is 0 Å². The van der Waals surface area contributed by atoms with Crippen LogP contribution < -0.4 is 16.0 Å². The van der Waals surface area contributed by atoms with Gasteiger partial charge in [-0.1, -0.05) is 44.2 Å². The minimum Gasteiger partial charge on any atom is -0.349 e. The number of amides is 2. The Morgan fingerprint density at radius 2 is 1.56 bits per heavy atom. The van der Waals surface area contributed by atoms with Gasteiger partial charge in [-0.3, -0.25) is 9.59 Å². The van der Waals surface area contributed by atoms with Crippen LogP contribution in [0.15, 0.2) is 24.3 Å². The van der Waals surface area contributed by atoms with Crippen LogP contribution in [0, 0.1) is 0 Å². The summed E-state index contributed by atoms with van der Waals surface area (Å²) in [6.45, 7) is 0.295. The smallest absolute Gasteiger partial charge is 0.253 e. The Bertz CT molecular complexity index is 590. The molecule has 2 fully saturated rings. The lowest BCUT2D eigenvalue weighted by molar-refractivity contribution is -0.115. The van der Waals surface area contributed by atoms with Crippen LogP contribution in [0.3, 0.4) is 0 Å². The Labute approximate surface area is 150 Å². The number of nitrogens with one attached hydrogen (secondary N) is 3. The highest BCUT2D eigenvalue weighted by atomic mass is 16.2. The largest absolute Gasteiger partial charge is 0.349 e. The maximum Gasteiger partial charge on any atom is 0.253 e. The van der Waals surface area contributed by atoms with E-state index in [1.807, 2.05) is 12.1 Å². The van der Waals surface area contributed by atoms with Gasteiger partial charge in [-0.2, -0.15) is 0 Å². The standard InChI is InChI=1S/C20H29N3O2/c24-19(14-21-15-8-4-2-1-3-5-9-15)23-18-11-7-6-10-17(18)20(25)22-16-12-13-16/h6-7,10-11,15-16,21H,1-5,8-9,12-14H2,(H,22,25)(H,23,24). The van der Waals surface area contributed by atoms with Crippen LogP contribution in [0.4, 0.5) is 5.69 Å². The van der Waals surface area contributed by atoms with Crippen LogP contribution in [-0.4, -0.2) is 30.4 Å². The third-order valence-corrected chi connectivity index (χ3v) is 5.01. The second kappa shape index (κ2) is 8.99. The molecule has 0 unspecified atom stereocenters. The van der Waals surface area contributed by atoms with Crippen molar-refractivity contribution in [3.8, 4) is 0 Å². The second-order valence-corrected chi connectivity index (χ2v) is 7.26. The van der Waals surface area contributed by atoms with Gasteiger partial charge in [-0.05, 0) is 37.8 Å². The summed E-state index contributed by atoms with van der Waals surface area (Å²) in [6.07, 6.45) is 10.8. The van der Waals surface area contributed by atoms with Crippen molar-refractivity contribution >= 4 is 17.5 Å². The number of carbonyl (C=O) groups excluding carboxylic acids is 2. The van der Waals surface area contributed by atoms with Crippen molar-refractivity contribution in [2.75, 3.05) is 11.9 Å². The fraction of sp³-hybridized carbons (Fsp3) is 0.600. The molecule has 2 aliphatic rings. The fourth-order valence-corrected chi connectivity index (χ4v) is 3.37. The first-order chi connectivity index (χ1) is 12.2. The second-order valence-electron chi connectivity index (χ2n) is 7.26. The molecule has 136 valence electrons. The van der Waals surface area contributed by atoms with Gasteiger partial charge in [-0.25, -0.2) is 0 Å². The number of benzene rings is 1. The van der Waals surface area contributed by atoms with Gasteiger partial charge in [0.25, 0.3) is 5.91 Å². The molecule has 0 bridgehead atoms. The van der Waals surface area contributed by atoms with Gasteiger partial charge >= 0.3 is 0 Å². The molecule has 3 N–H and O–H groups in total. The molecular formula is C20H29N3O2. The fourth-order valence-electron chi connectivity index (χ4n) is 3.37. The molecule has 1 aromatic carbocycles. The van der Waals surface area contributed by atoms with Crippen molar-refractivity contribution in [1.82, 2.24) is 10.6 Å². The Morgan fingerprint density at radius 1 is 0.880 bits per heavy atom. The molecule has 0 saturated heterocycles. The van der Waals surface area contributed by atoms with Crippen LogP contribution >= 0.6 is 0 Å². The van der Waals surface area contributed by atoms with Crippen LogP contribution in [0.5, 0.6) is 0 Å². The van der Waals surface area contributed by atoms with E-state index >= 15 is 0 Å². The van der Waals surface area contributed by atoms with E-state index in [2.05, 4.69) is 16.0 Å². The Hall–Kier alpha value is -1.88. The maximum atomic E-state index is 12.3. The number of rotatable bonds is 6. The summed E-state index contributed by atoms with van der Waals surface area (Å²) in [7, 11) is 0. The number of carbonyl (C=O) groups is 2. The van der Waals surface area contributed by atoms with E-state index in [9.17, 15) is 9.59 Å². The Kier molecular flexibility index (Phi) is 6.45. The number of hydrogen-bond donors (Lipinski definition) is 3. The highest BCUT2D eigenvalue weighted by molar-refractivity contribution is 6.04. The zero-order valence-electron chi connectivity index (χ0n) is 14.9. The van der Waals surface area contributed by atoms with Gasteiger partial charge < -0.3 is 16.0 Å². The van der Waals surface area contributed by atoms with E-state index in [4.69, 9.17) is 0 Å². The third-order valence-electron chi connectivity index (χ3n) is 5.01. The SMILES string of the molecule is O=C(CNC1CCCCCCC1)Nc1ccccc1C(=O)NC1CC1. The van der Waals surface area contributed by atoms with Crippen molar-refractivity contribution in [3.05, 3.63) is 29.8 Å². The lowest BCUT2D eigenvalue weighted by atomic mass is 9.97. The summed E-state index contributed by atoms with van der Waals surface area (Å²) in [4.78, 5) is 24.6. The van der Waals surface area contributed by atoms with Crippen LogP contribution in [-0.2, 0) is 4.79 Å². The van der Waals surface area contributed by atoms with Gasteiger partial charge in [0.15, 0.2) is 0 Å². The molecule has 0 radical (unpaired) electrons. The van der Waals surface area contributed by atoms with Gasteiger partial charge in [0.2, 0.25) is 5.91 Å². The minimum atomic E-state index is -0.105. The average molecular weight is 343 g/mol. The molecule has 0 spiro atoms. The molecule has 2 aliphatic carbocycles. The van der Waals surface area contributed by atoms with E-state index in [1.54, 1.807) is 12.1 Å². The van der Waals surface area contributed by atoms with Crippen molar-refractivity contribution in [2.24, 2.45) is 0 Å². The van der Waals surface area contributed by atoms with E-state index in [-0.39, 0.29) is 11.8 Å². The molecule has 0 aliphatic heterocycles. The molecule has 3 rings (SSSR count). The van der Waals surface area contributed by atoms with Crippen molar-refractivity contribution in [1.29, 1.82) is 0 Å². The number of anilines is 1. The quantitative estimate of drug-likeness (QED) is 0.743. The lowest BCUT2D eigenvalue weighted by Crippen LogP contribution is -2.37. The molecule has 0 heterocycles. The summed E-state index contributed by atoms with van der Waals surface area (Å²) in [5.74, 6) is -0.194. The van der Waals surface area contributed by atoms with Crippen LogP contribution in [0.25, 0.3) is 0 Å². The van der Waals surface area contributed by atoms with Crippen molar-refractivity contribution in [3.63, 3.8) is 0 Å². The predicted molar refractivity (Wildman–Crippen MR) is 99.7 cm³/mol. The first kappa shape index (κ1) is 17.9. The summed E-state index contributed by atoms with van der Waals surface area (Å²) >= 11 is 0.